The molecule has 6 rings (SSSR count). The quantitative estimate of drug-likeness (QED) is 0.286. The second kappa shape index (κ2) is 11.7. The number of rotatable bonds is 8. The Labute approximate surface area is 283 Å². The summed E-state index contributed by atoms with van der Waals surface area (Å²) < 4.78 is 14.9. The third-order valence-electron chi connectivity index (χ3n) is 15.7. The summed E-state index contributed by atoms with van der Waals surface area (Å²) in [5.74, 6) is 1.07. The van der Waals surface area contributed by atoms with E-state index in [2.05, 4.69) is 73.2 Å². The minimum atomic E-state index is -1.23. The maximum atomic E-state index is 14.9. The van der Waals surface area contributed by atoms with Crippen molar-refractivity contribution in [1.29, 1.82) is 0 Å². The van der Waals surface area contributed by atoms with Crippen molar-refractivity contribution in [3.63, 3.8) is 0 Å². The van der Waals surface area contributed by atoms with Gasteiger partial charge in [0.25, 0.3) is 0 Å². The average Bonchev–Trinajstić information content (AvgIpc) is 3.38. The van der Waals surface area contributed by atoms with E-state index < -0.39 is 11.8 Å². The SMILES string of the molecule is C=C(C)[C@@H]1CC[C@]2(C(=O)CCCN(C)C)CC[C@]3(C)[C@H](CC[C@@H]4[C@@]5(C)CC=C(c6ccc(C(=O)O)c(F)c6)C(C)(C)[C@@H]5CC[C@]43C)[C@@H]12. The number of carboxylic acid groups (broad SMARTS) is 1. The molecule has 5 heteroatoms. The van der Waals surface area contributed by atoms with Crippen LogP contribution in [0.3, 0.4) is 0 Å². The summed E-state index contributed by atoms with van der Waals surface area (Å²) in [6, 6.07) is 4.67. The third-order valence-corrected chi connectivity index (χ3v) is 15.7. The number of nitrogens with zero attached hydrogens (tertiary/aromatic N) is 1. The number of ketones is 1. The number of allylic oxidation sites excluding steroid dienone is 3. The van der Waals surface area contributed by atoms with E-state index in [1.807, 2.05) is 0 Å². The summed E-state index contributed by atoms with van der Waals surface area (Å²) in [7, 11) is 4.20. The molecule has 9 atom stereocenters. The molecule has 47 heavy (non-hydrogen) atoms. The molecule has 5 aliphatic carbocycles. The van der Waals surface area contributed by atoms with Gasteiger partial charge in [0.2, 0.25) is 0 Å². The van der Waals surface area contributed by atoms with Crippen LogP contribution in [0.25, 0.3) is 5.57 Å². The zero-order valence-electron chi connectivity index (χ0n) is 30.5. The predicted octanol–water partition coefficient (Wildman–Crippen LogP) is 10.1. The maximum absolute atomic E-state index is 14.9. The molecule has 1 aromatic rings. The molecule has 0 amide bonds. The van der Waals surface area contributed by atoms with Gasteiger partial charge in [-0.3, -0.25) is 4.79 Å². The molecular weight excluding hydrogens is 585 g/mol. The number of fused-ring (bicyclic) bond motifs is 7. The second-order valence-corrected chi connectivity index (χ2v) is 18.2. The molecular formula is C42H60FNO3. The molecule has 0 unspecified atom stereocenters. The van der Waals surface area contributed by atoms with E-state index in [9.17, 15) is 19.1 Å². The lowest BCUT2D eigenvalue weighted by molar-refractivity contribution is -0.224. The highest BCUT2D eigenvalue weighted by Crippen LogP contribution is 2.78. The fourth-order valence-electron chi connectivity index (χ4n) is 13.4. The number of hydrogen-bond donors (Lipinski definition) is 1. The van der Waals surface area contributed by atoms with Crippen LogP contribution in [-0.2, 0) is 4.79 Å². The van der Waals surface area contributed by atoms with E-state index in [0.717, 1.165) is 62.6 Å². The lowest BCUT2D eigenvalue weighted by Crippen LogP contribution is -2.65. The van der Waals surface area contributed by atoms with Crippen molar-refractivity contribution in [2.75, 3.05) is 20.6 Å². The van der Waals surface area contributed by atoms with Gasteiger partial charge in [0.1, 0.15) is 11.6 Å². The number of Topliss-reactive ketones (excluding diaryl/α,β-unsaturated/α-hetero) is 1. The van der Waals surface area contributed by atoms with Crippen LogP contribution in [0.4, 0.5) is 4.39 Å². The summed E-state index contributed by atoms with van der Waals surface area (Å²) in [5, 5.41) is 9.40. The third kappa shape index (κ3) is 4.97. The summed E-state index contributed by atoms with van der Waals surface area (Å²) in [5.41, 5.74) is 3.11. The van der Waals surface area contributed by atoms with Crippen molar-refractivity contribution in [3.8, 4) is 0 Å². The Bertz CT molecular complexity index is 1490. The molecule has 5 aliphatic rings. The molecule has 0 spiro atoms. The second-order valence-electron chi connectivity index (χ2n) is 18.2. The number of carboxylic acids is 1. The summed E-state index contributed by atoms with van der Waals surface area (Å²) in [6.07, 6.45) is 14.0. The van der Waals surface area contributed by atoms with Gasteiger partial charge in [0.05, 0.1) is 5.56 Å². The zero-order chi connectivity index (χ0) is 34.3. The molecule has 4 fully saturated rings. The minimum absolute atomic E-state index is 0.119. The first-order valence-electron chi connectivity index (χ1n) is 18.5. The Hall–Kier alpha value is -2.27. The zero-order valence-corrected chi connectivity index (χ0v) is 30.5. The Kier molecular flexibility index (Phi) is 8.59. The van der Waals surface area contributed by atoms with Crippen LogP contribution in [0.15, 0.2) is 36.4 Å². The van der Waals surface area contributed by atoms with Crippen LogP contribution < -0.4 is 0 Å². The summed E-state index contributed by atoms with van der Waals surface area (Å²) in [4.78, 5) is 28.0. The van der Waals surface area contributed by atoms with E-state index in [4.69, 9.17) is 0 Å². The predicted molar refractivity (Wildman–Crippen MR) is 188 cm³/mol. The molecule has 0 saturated heterocycles. The number of carbonyl (C=O) groups excluding carboxylic acids is 1. The van der Waals surface area contributed by atoms with Gasteiger partial charge in [-0.25, -0.2) is 9.18 Å². The van der Waals surface area contributed by atoms with Gasteiger partial charge in [-0.2, -0.15) is 0 Å². The van der Waals surface area contributed by atoms with Gasteiger partial charge in [0.15, 0.2) is 0 Å². The molecule has 0 aliphatic heterocycles. The van der Waals surface area contributed by atoms with E-state index in [0.29, 0.717) is 41.8 Å². The number of aromatic carboxylic acids is 1. The number of benzene rings is 1. The largest absolute Gasteiger partial charge is 0.478 e. The van der Waals surface area contributed by atoms with E-state index in [-0.39, 0.29) is 32.6 Å². The minimum Gasteiger partial charge on any atom is -0.478 e. The summed E-state index contributed by atoms with van der Waals surface area (Å²) >= 11 is 0. The molecule has 1 N–H and O–H groups in total. The number of halogens is 1. The lowest BCUT2D eigenvalue weighted by atomic mass is 9.32. The lowest BCUT2D eigenvalue weighted by Gasteiger charge is -2.72. The fraction of sp³-hybridized carbons (Fsp3) is 0.714. The smallest absolute Gasteiger partial charge is 0.338 e. The van der Waals surface area contributed by atoms with Crippen LogP contribution in [0, 0.1) is 62.5 Å². The Morgan fingerprint density at radius 1 is 0.957 bits per heavy atom. The molecule has 4 saturated carbocycles. The highest BCUT2D eigenvalue weighted by atomic mass is 19.1. The van der Waals surface area contributed by atoms with E-state index in [1.54, 1.807) is 6.07 Å². The van der Waals surface area contributed by atoms with Gasteiger partial charge in [-0.1, -0.05) is 58.9 Å². The van der Waals surface area contributed by atoms with Crippen molar-refractivity contribution in [2.45, 2.75) is 112 Å². The van der Waals surface area contributed by atoms with Gasteiger partial charge >= 0.3 is 5.97 Å². The molecule has 1 aromatic carbocycles. The van der Waals surface area contributed by atoms with Gasteiger partial charge < -0.3 is 10.0 Å². The average molecular weight is 646 g/mol. The molecule has 258 valence electrons. The first-order valence-corrected chi connectivity index (χ1v) is 18.5. The summed E-state index contributed by atoms with van der Waals surface area (Å²) in [6.45, 7) is 20.2. The van der Waals surface area contributed by atoms with Gasteiger partial charge in [-0.15, -0.1) is 0 Å². The number of carbonyl (C=O) groups is 2. The van der Waals surface area contributed by atoms with Crippen molar-refractivity contribution in [1.82, 2.24) is 4.90 Å². The van der Waals surface area contributed by atoms with Crippen LogP contribution in [0.2, 0.25) is 0 Å². The van der Waals surface area contributed by atoms with E-state index in [1.165, 1.54) is 37.0 Å². The number of hydrogen-bond acceptors (Lipinski definition) is 3. The van der Waals surface area contributed by atoms with Crippen LogP contribution in [0.5, 0.6) is 0 Å². The molecule has 0 radical (unpaired) electrons. The highest BCUT2D eigenvalue weighted by molar-refractivity contribution is 5.88. The Morgan fingerprint density at radius 3 is 2.32 bits per heavy atom. The van der Waals surface area contributed by atoms with Crippen LogP contribution in [-0.4, -0.2) is 42.4 Å². The highest BCUT2D eigenvalue weighted by Gasteiger charge is 2.71. The normalized spacial score (nSPS) is 40.5. The van der Waals surface area contributed by atoms with Crippen molar-refractivity contribution < 1.29 is 19.1 Å². The van der Waals surface area contributed by atoms with Crippen LogP contribution in [0.1, 0.15) is 128 Å². The molecule has 4 nitrogen and oxygen atoms in total. The van der Waals surface area contributed by atoms with Crippen molar-refractivity contribution >= 4 is 17.3 Å². The molecule has 0 aromatic heterocycles. The Balaban J connectivity index is 1.33. The van der Waals surface area contributed by atoms with Gasteiger partial charge in [-0.05, 0) is 166 Å². The van der Waals surface area contributed by atoms with Crippen molar-refractivity contribution in [3.05, 3.63) is 53.4 Å². The van der Waals surface area contributed by atoms with E-state index >= 15 is 0 Å². The molecule has 0 bridgehead atoms. The first-order chi connectivity index (χ1) is 21.9. The Morgan fingerprint density at radius 2 is 1.68 bits per heavy atom. The molecule has 0 heterocycles. The topological polar surface area (TPSA) is 57.6 Å². The maximum Gasteiger partial charge on any atom is 0.338 e. The van der Waals surface area contributed by atoms with Gasteiger partial charge in [0, 0.05) is 11.8 Å². The first kappa shape index (κ1) is 34.6. The monoisotopic (exact) mass is 645 g/mol. The van der Waals surface area contributed by atoms with Crippen LogP contribution >= 0.6 is 0 Å². The standard InChI is InChI=1S/C42H60FNO3/c1-26(2)28-16-21-42(35(45)11-10-24-44(8)9)23-22-40(6)31(36(28)42)14-15-34-39(5)19-17-30(27-12-13-29(37(46)47)32(43)25-27)38(3,4)33(39)18-20-41(34,40)7/h12-13,17,25,28,31,33-34,36H,1,10-11,14-16,18-24H2,2-9H3,(H,46,47)/t28-,31+,33-,34+,36+,39-,40+,41+,42+/m0/s1. The van der Waals surface area contributed by atoms with Crippen molar-refractivity contribution in [2.24, 2.45) is 56.7 Å². The fourth-order valence-corrected chi connectivity index (χ4v) is 13.4.